The van der Waals surface area contributed by atoms with Crippen LogP contribution in [0.15, 0.2) is 24.5 Å². The van der Waals surface area contributed by atoms with Crippen molar-refractivity contribution in [2.45, 2.75) is 46.2 Å². The lowest BCUT2D eigenvalue weighted by atomic mass is 9.98. The molecule has 0 aromatic carbocycles. The van der Waals surface area contributed by atoms with Crippen molar-refractivity contribution in [2.24, 2.45) is 0 Å². The molecule has 84 valence electrons. The summed E-state index contributed by atoms with van der Waals surface area (Å²) in [5.74, 6) is 0. The minimum atomic E-state index is 0.276. The molecule has 0 spiro atoms. The van der Waals surface area contributed by atoms with Crippen LogP contribution in [0.5, 0.6) is 0 Å². The maximum absolute atomic E-state index is 4.04. The van der Waals surface area contributed by atoms with Gasteiger partial charge in [-0.15, -0.1) is 0 Å². The van der Waals surface area contributed by atoms with Crippen LogP contribution in [0.25, 0.3) is 0 Å². The van der Waals surface area contributed by atoms with Crippen LogP contribution in [0.3, 0.4) is 0 Å². The van der Waals surface area contributed by atoms with Crippen LogP contribution < -0.4 is 0 Å². The molecule has 1 rings (SSSR count). The molecule has 0 atom stereocenters. The van der Waals surface area contributed by atoms with E-state index in [4.69, 9.17) is 0 Å². The second-order valence-corrected chi connectivity index (χ2v) is 4.54. The average Bonchev–Trinajstić information content (AvgIpc) is 2.27. The molecule has 0 bridgehead atoms. The second kappa shape index (κ2) is 5.26. The molecule has 2 nitrogen and oxygen atoms in total. The largest absolute Gasteiger partial charge is 0.294 e. The van der Waals surface area contributed by atoms with Crippen molar-refractivity contribution in [1.29, 1.82) is 0 Å². The summed E-state index contributed by atoms with van der Waals surface area (Å²) >= 11 is 0. The Morgan fingerprint density at radius 1 is 1.20 bits per heavy atom. The van der Waals surface area contributed by atoms with Crippen LogP contribution >= 0.6 is 0 Å². The van der Waals surface area contributed by atoms with Gasteiger partial charge < -0.3 is 0 Å². The first-order valence-electron chi connectivity index (χ1n) is 5.74. The van der Waals surface area contributed by atoms with Crippen molar-refractivity contribution in [1.82, 2.24) is 9.88 Å². The summed E-state index contributed by atoms with van der Waals surface area (Å²) in [5, 5.41) is 0. The van der Waals surface area contributed by atoms with E-state index in [1.165, 1.54) is 12.0 Å². The van der Waals surface area contributed by atoms with Crippen LogP contribution in [-0.2, 0) is 6.54 Å². The first-order valence-corrected chi connectivity index (χ1v) is 5.74. The van der Waals surface area contributed by atoms with Crippen LogP contribution in [0, 0.1) is 0 Å². The minimum Gasteiger partial charge on any atom is -0.294 e. The third-order valence-corrected chi connectivity index (χ3v) is 3.23. The molecule has 0 amide bonds. The normalized spacial score (nSPS) is 12.1. The molecule has 1 aromatic rings. The Balaban J connectivity index is 2.70. The Morgan fingerprint density at radius 3 is 2.27 bits per heavy atom. The summed E-state index contributed by atoms with van der Waals surface area (Å²) in [7, 11) is 0. The van der Waals surface area contributed by atoms with E-state index in [0.29, 0.717) is 0 Å². The van der Waals surface area contributed by atoms with E-state index < -0.39 is 0 Å². The Hall–Kier alpha value is -0.890. The highest BCUT2D eigenvalue weighted by Crippen LogP contribution is 2.20. The summed E-state index contributed by atoms with van der Waals surface area (Å²) in [6.45, 7) is 11.2. The predicted octanol–water partition coefficient (Wildman–Crippen LogP) is 3.09. The summed E-state index contributed by atoms with van der Waals surface area (Å²) in [6.07, 6.45) is 4.90. The third-order valence-electron chi connectivity index (χ3n) is 3.23. The van der Waals surface area contributed by atoms with Gasteiger partial charge in [0.25, 0.3) is 0 Å². The number of nitrogens with zero attached hydrogens (tertiary/aromatic N) is 2. The third kappa shape index (κ3) is 3.31. The molecule has 0 unspecified atom stereocenters. The van der Waals surface area contributed by atoms with E-state index >= 15 is 0 Å². The summed E-state index contributed by atoms with van der Waals surface area (Å²) < 4.78 is 0. The van der Waals surface area contributed by atoms with Crippen LogP contribution in [-0.4, -0.2) is 22.0 Å². The quantitative estimate of drug-likeness (QED) is 0.736. The molecule has 1 heterocycles. The van der Waals surface area contributed by atoms with Crippen LogP contribution in [0.2, 0.25) is 0 Å². The van der Waals surface area contributed by atoms with Gasteiger partial charge in [0.2, 0.25) is 0 Å². The highest BCUT2D eigenvalue weighted by atomic mass is 15.2. The lowest BCUT2D eigenvalue weighted by Gasteiger charge is -2.37. The van der Waals surface area contributed by atoms with Gasteiger partial charge in [-0.2, -0.15) is 0 Å². The molecule has 0 aliphatic heterocycles. The average molecular weight is 206 g/mol. The van der Waals surface area contributed by atoms with E-state index in [1.807, 2.05) is 12.4 Å². The predicted molar refractivity (Wildman–Crippen MR) is 64.7 cm³/mol. The number of rotatable bonds is 5. The van der Waals surface area contributed by atoms with Gasteiger partial charge in [0.1, 0.15) is 0 Å². The number of pyridine rings is 1. The minimum absolute atomic E-state index is 0.276. The highest BCUT2D eigenvalue weighted by molar-refractivity contribution is 5.10. The first-order chi connectivity index (χ1) is 7.10. The van der Waals surface area contributed by atoms with Crippen molar-refractivity contribution < 1.29 is 0 Å². The maximum Gasteiger partial charge on any atom is 0.0271 e. The number of hydrogen-bond acceptors (Lipinski definition) is 2. The highest BCUT2D eigenvalue weighted by Gasteiger charge is 2.22. The van der Waals surface area contributed by atoms with Crippen molar-refractivity contribution in [2.75, 3.05) is 6.54 Å². The van der Waals surface area contributed by atoms with Gasteiger partial charge in [-0.05, 0) is 44.5 Å². The molecular formula is C13H22N2. The van der Waals surface area contributed by atoms with Crippen molar-refractivity contribution in [3.05, 3.63) is 30.1 Å². The van der Waals surface area contributed by atoms with Gasteiger partial charge in [0.15, 0.2) is 0 Å². The van der Waals surface area contributed by atoms with Gasteiger partial charge in [-0.3, -0.25) is 9.88 Å². The summed E-state index contributed by atoms with van der Waals surface area (Å²) in [4.78, 5) is 6.54. The molecule has 2 heteroatoms. The van der Waals surface area contributed by atoms with Crippen LogP contribution in [0.4, 0.5) is 0 Å². The molecule has 0 saturated heterocycles. The molecule has 0 radical (unpaired) electrons. The standard InChI is InChI=1S/C13H22N2/c1-5-13(3,4)15(6-2)11-12-7-9-14-10-8-12/h7-10H,5-6,11H2,1-4H3. The van der Waals surface area contributed by atoms with Gasteiger partial charge in [-0.25, -0.2) is 0 Å². The van der Waals surface area contributed by atoms with E-state index in [1.54, 1.807) is 0 Å². The number of hydrogen-bond donors (Lipinski definition) is 0. The zero-order valence-electron chi connectivity index (χ0n) is 10.3. The van der Waals surface area contributed by atoms with Crippen molar-refractivity contribution in [3.63, 3.8) is 0 Å². The smallest absolute Gasteiger partial charge is 0.0271 e. The fourth-order valence-corrected chi connectivity index (χ4v) is 1.69. The van der Waals surface area contributed by atoms with E-state index in [2.05, 4.69) is 49.7 Å². The summed E-state index contributed by atoms with van der Waals surface area (Å²) in [5.41, 5.74) is 1.62. The first kappa shape index (κ1) is 12.2. The number of aromatic nitrogens is 1. The molecule has 0 saturated carbocycles. The van der Waals surface area contributed by atoms with E-state index in [0.717, 1.165) is 13.1 Å². The zero-order valence-corrected chi connectivity index (χ0v) is 10.3. The molecular weight excluding hydrogens is 184 g/mol. The van der Waals surface area contributed by atoms with Gasteiger partial charge in [0, 0.05) is 24.5 Å². The Labute approximate surface area is 93.3 Å². The second-order valence-electron chi connectivity index (χ2n) is 4.54. The van der Waals surface area contributed by atoms with Crippen molar-refractivity contribution >= 4 is 0 Å². The van der Waals surface area contributed by atoms with E-state index in [-0.39, 0.29) is 5.54 Å². The molecule has 0 aliphatic rings. The maximum atomic E-state index is 4.04. The van der Waals surface area contributed by atoms with Gasteiger partial charge >= 0.3 is 0 Å². The monoisotopic (exact) mass is 206 g/mol. The summed E-state index contributed by atoms with van der Waals surface area (Å²) in [6, 6.07) is 4.18. The topological polar surface area (TPSA) is 16.1 Å². The lowest BCUT2D eigenvalue weighted by molar-refractivity contribution is 0.114. The molecule has 0 fully saturated rings. The Kier molecular flexibility index (Phi) is 4.28. The van der Waals surface area contributed by atoms with E-state index in [9.17, 15) is 0 Å². The zero-order chi connectivity index (χ0) is 11.3. The fraction of sp³-hybridized carbons (Fsp3) is 0.615. The van der Waals surface area contributed by atoms with Gasteiger partial charge in [-0.1, -0.05) is 13.8 Å². The van der Waals surface area contributed by atoms with Crippen LogP contribution in [0.1, 0.15) is 39.7 Å². The SMILES string of the molecule is CCN(Cc1ccncc1)C(C)(C)CC. The molecule has 15 heavy (non-hydrogen) atoms. The fourth-order valence-electron chi connectivity index (χ4n) is 1.69. The molecule has 1 aromatic heterocycles. The van der Waals surface area contributed by atoms with Gasteiger partial charge in [0.05, 0.1) is 0 Å². The Bertz CT molecular complexity index is 280. The lowest BCUT2D eigenvalue weighted by Crippen LogP contribution is -2.42. The van der Waals surface area contributed by atoms with Crippen molar-refractivity contribution in [3.8, 4) is 0 Å². The molecule has 0 aliphatic carbocycles. The Morgan fingerprint density at radius 2 is 1.80 bits per heavy atom. The molecule has 0 N–H and O–H groups in total.